The second kappa shape index (κ2) is 6.65. The van der Waals surface area contributed by atoms with Crippen molar-refractivity contribution in [3.63, 3.8) is 0 Å². The van der Waals surface area contributed by atoms with Gasteiger partial charge in [0, 0.05) is 0 Å². The molecule has 3 aromatic carbocycles. The molecule has 0 spiro atoms. The number of ether oxygens (including phenoxy) is 1. The van der Waals surface area contributed by atoms with Crippen LogP contribution in [0.15, 0.2) is 84.9 Å². The normalized spacial score (nSPS) is 13.7. The van der Waals surface area contributed by atoms with Gasteiger partial charge < -0.3 is 14.7 Å². The molecular formula is C22H19NO3. The largest absolute Gasteiger partial charge is 0.490 e. The minimum absolute atomic E-state index is 0.384. The molecule has 0 unspecified atom stereocenters. The van der Waals surface area contributed by atoms with Gasteiger partial charge in [0.1, 0.15) is 12.4 Å². The maximum Gasteiger partial charge on any atom is 0.268 e. The number of fused-ring (bicyclic) bond motifs is 1. The van der Waals surface area contributed by atoms with Gasteiger partial charge in [-0.1, -0.05) is 72.8 Å². The fraction of sp³-hybridized carbons (Fsp3) is 0.136. The van der Waals surface area contributed by atoms with Crippen LogP contribution in [-0.4, -0.2) is 24.2 Å². The van der Waals surface area contributed by atoms with Crippen LogP contribution in [-0.2, 0) is 10.4 Å². The first-order valence-corrected chi connectivity index (χ1v) is 8.58. The van der Waals surface area contributed by atoms with Gasteiger partial charge in [-0.15, -0.1) is 0 Å². The molecule has 0 fully saturated rings. The van der Waals surface area contributed by atoms with Crippen molar-refractivity contribution in [1.29, 1.82) is 0 Å². The molecule has 1 aliphatic rings. The molecule has 0 saturated heterocycles. The Balaban J connectivity index is 1.85. The van der Waals surface area contributed by atoms with Gasteiger partial charge in [-0.05, 0) is 23.3 Å². The summed E-state index contributed by atoms with van der Waals surface area (Å²) in [7, 11) is 0. The molecule has 1 aliphatic heterocycles. The van der Waals surface area contributed by atoms with E-state index in [4.69, 9.17) is 4.74 Å². The average Bonchev–Trinajstić information content (AvgIpc) is 2.73. The summed E-state index contributed by atoms with van der Waals surface area (Å²) in [6.07, 6.45) is 0. The Kier molecular flexibility index (Phi) is 4.19. The molecule has 1 amide bonds. The highest BCUT2D eigenvalue weighted by molar-refractivity contribution is 6.03. The van der Waals surface area contributed by atoms with E-state index in [0.717, 1.165) is 0 Å². The van der Waals surface area contributed by atoms with Crippen LogP contribution in [0.25, 0.3) is 0 Å². The van der Waals surface area contributed by atoms with Crippen molar-refractivity contribution >= 4 is 11.6 Å². The zero-order valence-electron chi connectivity index (χ0n) is 14.2. The first-order chi connectivity index (χ1) is 12.7. The number of carbonyl (C=O) groups is 1. The van der Waals surface area contributed by atoms with Crippen LogP contribution < -0.4 is 9.64 Å². The van der Waals surface area contributed by atoms with Crippen molar-refractivity contribution in [1.82, 2.24) is 0 Å². The lowest BCUT2D eigenvalue weighted by Crippen LogP contribution is -2.50. The Morgan fingerprint density at radius 3 is 2.00 bits per heavy atom. The summed E-state index contributed by atoms with van der Waals surface area (Å²) < 4.78 is 5.65. The Hall–Kier alpha value is -3.11. The third-order valence-corrected chi connectivity index (χ3v) is 4.67. The number of nitrogens with zero attached hydrogens (tertiary/aromatic N) is 1. The number of hydrogen-bond donors (Lipinski definition) is 1. The number of amides is 1. The molecule has 130 valence electrons. The molecule has 4 rings (SSSR count). The lowest BCUT2D eigenvalue weighted by Gasteiger charge is -2.36. The van der Waals surface area contributed by atoms with Crippen molar-refractivity contribution < 1.29 is 14.6 Å². The first-order valence-electron chi connectivity index (χ1n) is 8.58. The lowest BCUT2D eigenvalue weighted by molar-refractivity contribution is -0.134. The molecule has 1 N–H and O–H groups in total. The molecular weight excluding hydrogens is 326 g/mol. The zero-order valence-corrected chi connectivity index (χ0v) is 14.2. The topological polar surface area (TPSA) is 49.8 Å². The van der Waals surface area contributed by atoms with E-state index in [1.165, 1.54) is 0 Å². The van der Waals surface area contributed by atoms with Crippen molar-refractivity contribution in [2.24, 2.45) is 0 Å². The molecule has 4 heteroatoms. The second-order valence-corrected chi connectivity index (χ2v) is 6.22. The number of carbonyl (C=O) groups excluding carboxylic acids is 1. The minimum Gasteiger partial charge on any atom is -0.490 e. The third-order valence-electron chi connectivity index (χ3n) is 4.67. The Labute approximate surface area is 152 Å². The molecule has 3 aromatic rings. The third kappa shape index (κ3) is 2.65. The highest BCUT2D eigenvalue weighted by atomic mass is 16.5. The molecule has 0 radical (unpaired) electrons. The van der Waals surface area contributed by atoms with Crippen LogP contribution in [0.1, 0.15) is 11.1 Å². The maximum absolute atomic E-state index is 13.6. The van der Waals surface area contributed by atoms with E-state index in [0.29, 0.717) is 35.7 Å². The second-order valence-electron chi connectivity index (χ2n) is 6.22. The molecule has 4 nitrogen and oxygen atoms in total. The monoisotopic (exact) mass is 345 g/mol. The van der Waals surface area contributed by atoms with Crippen LogP contribution in [0.4, 0.5) is 5.69 Å². The van der Waals surface area contributed by atoms with Crippen LogP contribution in [0.3, 0.4) is 0 Å². The van der Waals surface area contributed by atoms with Gasteiger partial charge in [-0.3, -0.25) is 4.79 Å². The molecule has 0 aliphatic carbocycles. The molecule has 26 heavy (non-hydrogen) atoms. The van der Waals surface area contributed by atoms with Crippen LogP contribution in [0, 0.1) is 0 Å². The summed E-state index contributed by atoms with van der Waals surface area (Å²) in [5.41, 5.74) is -0.0122. The van der Waals surface area contributed by atoms with Gasteiger partial charge in [0.05, 0.1) is 12.2 Å². The highest BCUT2D eigenvalue weighted by Crippen LogP contribution is 2.37. The van der Waals surface area contributed by atoms with Gasteiger partial charge in [0.15, 0.2) is 5.60 Å². The predicted molar refractivity (Wildman–Crippen MR) is 100 cm³/mol. The Bertz CT molecular complexity index is 869. The summed E-state index contributed by atoms with van der Waals surface area (Å²) in [6, 6.07) is 25.5. The smallest absolute Gasteiger partial charge is 0.268 e. The number of aliphatic hydroxyl groups is 1. The zero-order chi connectivity index (χ0) is 18.0. The number of para-hydroxylation sites is 2. The van der Waals surface area contributed by atoms with Gasteiger partial charge in [0.2, 0.25) is 0 Å². The molecule has 0 bridgehead atoms. The van der Waals surface area contributed by atoms with E-state index >= 15 is 0 Å². The summed E-state index contributed by atoms with van der Waals surface area (Å²) in [4.78, 5) is 15.2. The van der Waals surface area contributed by atoms with Gasteiger partial charge in [-0.2, -0.15) is 0 Å². The summed E-state index contributed by atoms with van der Waals surface area (Å²) in [6.45, 7) is 0.778. The average molecular weight is 345 g/mol. The van der Waals surface area contributed by atoms with Gasteiger partial charge in [-0.25, -0.2) is 0 Å². The van der Waals surface area contributed by atoms with Crippen molar-refractivity contribution in [3.8, 4) is 5.75 Å². The Morgan fingerprint density at radius 1 is 0.846 bits per heavy atom. The quantitative estimate of drug-likeness (QED) is 0.792. The molecule has 0 aromatic heterocycles. The first kappa shape index (κ1) is 16.4. The Morgan fingerprint density at radius 2 is 1.38 bits per heavy atom. The summed E-state index contributed by atoms with van der Waals surface area (Å²) in [5, 5.41) is 11.7. The van der Waals surface area contributed by atoms with E-state index in [1.807, 2.05) is 60.7 Å². The molecule has 0 saturated carbocycles. The van der Waals surface area contributed by atoms with Gasteiger partial charge in [0.25, 0.3) is 5.91 Å². The minimum atomic E-state index is -1.77. The van der Waals surface area contributed by atoms with E-state index < -0.39 is 5.60 Å². The lowest BCUT2D eigenvalue weighted by atomic mass is 9.84. The molecule has 1 heterocycles. The number of benzene rings is 3. The summed E-state index contributed by atoms with van der Waals surface area (Å²) in [5.74, 6) is 0.265. The predicted octanol–water partition coefficient (Wildman–Crippen LogP) is 3.35. The fourth-order valence-electron chi connectivity index (χ4n) is 3.35. The fourth-order valence-corrected chi connectivity index (χ4v) is 3.35. The van der Waals surface area contributed by atoms with Crippen LogP contribution in [0.5, 0.6) is 5.75 Å². The summed E-state index contributed by atoms with van der Waals surface area (Å²) >= 11 is 0. The SMILES string of the molecule is O=C(N1CCOc2ccccc21)C(O)(c1ccccc1)c1ccccc1. The maximum atomic E-state index is 13.6. The van der Waals surface area contributed by atoms with E-state index in [2.05, 4.69) is 0 Å². The molecule has 0 atom stereocenters. The van der Waals surface area contributed by atoms with Crippen LogP contribution in [0.2, 0.25) is 0 Å². The van der Waals surface area contributed by atoms with Crippen molar-refractivity contribution in [2.45, 2.75) is 5.60 Å². The van der Waals surface area contributed by atoms with Crippen LogP contribution >= 0.6 is 0 Å². The van der Waals surface area contributed by atoms with E-state index in [1.54, 1.807) is 29.2 Å². The number of anilines is 1. The number of hydrogen-bond acceptors (Lipinski definition) is 3. The van der Waals surface area contributed by atoms with E-state index in [9.17, 15) is 9.90 Å². The van der Waals surface area contributed by atoms with Crippen molar-refractivity contribution in [3.05, 3.63) is 96.1 Å². The van der Waals surface area contributed by atoms with Crippen molar-refractivity contribution in [2.75, 3.05) is 18.1 Å². The van der Waals surface area contributed by atoms with Gasteiger partial charge >= 0.3 is 0 Å². The highest BCUT2D eigenvalue weighted by Gasteiger charge is 2.44. The number of rotatable bonds is 3. The standard InChI is InChI=1S/C22H19NO3/c24-21(23-15-16-26-20-14-8-7-13-19(20)23)22(25,17-9-3-1-4-10-17)18-11-5-2-6-12-18/h1-14,25H,15-16H2. The van der Waals surface area contributed by atoms with E-state index in [-0.39, 0.29) is 5.91 Å².